The summed E-state index contributed by atoms with van der Waals surface area (Å²) in [6.07, 6.45) is 2.62. The zero-order chi connectivity index (χ0) is 8.55. The molecule has 1 aliphatic rings. The van der Waals surface area contributed by atoms with Gasteiger partial charge in [-0.2, -0.15) is 9.90 Å². The fourth-order valence-electron chi connectivity index (χ4n) is 1.24. The second-order valence-corrected chi connectivity index (χ2v) is 2.61. The second-order valence-electron chi connectivity index (χ2n) is 2.61. The highest BCUT2D eigenvalue weighted by Gasteiger charge is 2.16. The van der Waals surface area contributed by atoms with Crippen LogP contribution in [0.3, 0.4) is 0 Å². The third-order valence-electron chi connectivity index (χ3n) is 1.84. The molecule has 0 fully saturated rings. The fourth-order valence-corrected chi connectivity index (χ4v) is 1.24. The van der Waals surface area contributed by atoms with E-state index in [1.807, 2.05) is 0 Å². The van der Waals surface area contributed by atoms with E-state index in [-0.39, 0.29) is 38.4 Å². The van der Waals surface area contributed by atoms with Gasteiger partial charge in [-0.05, 0) is 12.2 Å². The molecule has 2 rings (SSSR count). The van der Waals surface area contributed by atoms with E-state index in [1.54, 1.807) is 24.3 Å². The van der Waals surface area contributed by atoms with Crippen LogP contribution in [0.25, 0.3) is 0 Å². The highest BCUT2D eigenvalue weighted by molar-refractivity contribution is 8.93. The van der Waals surface area contributed by atoms with E-state index in [0.717, 1.165) is 0 Å². The number of rotatable bonds is 0. The molecule has 0 aromatic heterocycles. The summed E-state index contributed by atoms with van der Waals surface area (Å²) >= 11 is 0. The average Bonchev–Trinajstić information content (AvgIpc) is 2.12. The summed E-state index contributed by atoms with van der Waals surface area (Å²) in [7, 11) is 0. The van der Waals surface area contributed by atoms with E-state index in [0.29, 0.717) is 11.1 Å². The number of carbonyl (C=O) groups is 2. The molecule has 1 unspecified atom stereocenters. The second kappa shape index (κ2) is 5.18. The maximum absolute atomic E-state index is 11.2. The summed E-state index contributed by atoms with van der Waals surface area (Å²) in [5, 5.41) is 0. The summed E-state index contributed by atoms with van der Waals surface area (Å²) in [5.74, 6) is -0.185. The van der Waals surface area contributed by atoms with Gasteiger partial charge in [0.1, 0.15) is 0 Å². The Morgan fingerprint density at radius 1 is 0.786 bits per heavy atom. The van der Waals surface area contributed by atoms with E-state index in [2.05, 4.69) is 0 Å². The van der Waals surface area contributed by atoms with Crippen molar-refractivity contribution in [1.82, 2.24) is 0 Å². The van der Waals surface area contributed by atoms with Gasteiger partial charge in [0.15, 0.2) is 11.6 Å². The Morgan fingerprint density at radius 2 is 1.14 bits per heavy atom. The van der Waals surface area contributed by atoms with Crippen molar-refractivity contribution < 1.29 is 9.59 Å². The topological polar surface area (TPSA) is 34.1 Å². The van der Waals surface area contributed by atoms with Crippen molar-refractivity contribution >= 4 is 38.4 Å². The quantitative estimate of drug-likeness (QED) is 0.679. The Kier molecular flexibility index (Phi) is 4.89. The van der Waals surface area contributed by atoms with Crippen LogP contribution in [-0.2, 0) is 0 Å². The van der Waals surface area contributed by atoms with Gasteiger partial charge < -0.3 is 0 Å². The van der Waals surface area contributed by atoms with Gasteiger partial charge in [0.25, 0.3) is 0 Å². The van der Waals surface area contributed by atoms with E-state index >= 15 is 0 Å². The molecule has 14 heavy (non-hydrogen) atoms. The Labute approximate surface area is 95.8 Å². The molecule has 0 radical (unpaired) electrons. The summed E-state index contributed by atoms with van der Waals surface area (Å²) in [4.78, 5) is 22.4. The molecule has 2 nitrogen and oxygen atoms in total. The third-order valence-corrected chi connectivity index (χ3v) is 1.84. The van der Waals surface area contributed by atoms with Crippen LogP contribution in [0.15, 0.2) is 36.4 Å². The lowest BCUT2D eigenvalue weighted by Crippen LogP contribution is -2.10. The van der Waals surface area contributed by atoms with Crippen LogP contribution in [0.2, 0.25) is 0 Å². The molecule has 0 aliphatic heterocycles. The van der Waals surface area contributed by atoms with Gasteiger partial charge in [-0.25, -0.2) is 0 Å². The van der Waals surface area contributed by atoms with Gasteiger partial charge in [-0.15, -0.1) is 17.0 Å². The van der Waals surface area contributed by atoms with Gasteiger partial charge in [0.05, 0.1) is 0 Å². The van der Waals surface area contributed by atoms with Gasteiger partial charge in [-0.1, -0.05) is 24.3 Å². The van der Waals surface area contributed by atoms with Gasteiger partial charge >= 0.3 is 0 Å². The molecule has 1 atom stereocenters. The summed E-state index contributed by atoms with van der Waals surface area (Å²) in [6.45, 7) is 0. The Balaban J connectivity index is 0.000000845. The Morgan fingerprint density at radius 3 is 1.50 bits per heavy atom. The standard InChI is InChI=1S/C10H6O2.BrH.H3P/c11-9-5-6-10(12)8-4-2-1-3-7(8)9;;/h1-6H;1H;1H3. The lowest BCUT2D eigenvalue weighted by molar-refractivity contribution is 0.0994. The molecule has 0 heterocycles. The molecule has 0 saturated carbocycles. The number of ketones is 2. The van der Waals surface area contributed by atoms with Crippen LogP contribution < -0.4 is 0 Å². The van der Waals surface area contributed by atoms with Crippen LogP contribution in [-0.4, -0.2) is 11.6 Å². The largest absolute Gasteiger partial charge is 0.289 e. The lowest BCUT2D eigenvalue weighted by atomic mass is 9.95. The van der Waals surface area contributed by atoms with Crippen LogP contribution in [0.5, 0.6) is 0 Å². The molecule has 0 spiro atoms. The van der Waals surface area contributed by atoms with Gasteiger partial charge in [0.2, 0.25) is 0 Å². The minimum Gasteiger partial charge on any atom is -0.289 e. The van der Waals surface area contributed by atoms with Crippen molar-refractivity contribution in [3.63, 3.8) is 0 Å². The first-order valence-corrected chi connectivity index (χ1v) is 3.65. The smallest absolute Gasteiger partial charge is 0.186 e. The number of carbonyl (C=O) groups excluding carboxylic acids is 2. The number of halogens is 1. The fraction of sp³-hybridized carbons (Fsp3) is 0. The molecule has 1 aromatic rings. The van der Waals surface area contributed by atoms with E-state index in [9.17, 15) is 9.59 Å². The molecular formula is C10H10BrO2P. The molecular weight excluding hydrogens is 263 g/mol. The summed E-state index contributed by atoms with van der Waals surface area (Å²) < 4.78 is 0. The summed E-state index contributed by atoms with van der Waals surface area (Å²) in [5.41, 5.74) is 1.01. The highest BCUT2D eigenvalue weighted by Crippen LogP contribution is 2.15. The number of allylic oxidation sites excluding steroid dienone is 2. The SMILES string of the molecule is Br.O=C1C=CC(=O)c2ccccc21.P. The number of hydrogen-bond donors (Lipinski definition) is 0. The number of benzene rings is 1. The van der Waals surface area contributed by atoms with E-state index < -0.39 is 0 Å². The minimum atomic E-state index is -0.0924. The third kappa shape index (κ3) is 2.17. The molecule has 0 amide bonds. The van der Waals surface area contributed by atoms with Crippen molar-refractivity contribution in [3.8, 4) is 0 Å². The van der Waals surface area contributed by atoms with Gasteiger partial charge in [-0.3, -0.25) is 9.59 Å². The van der Waals surface area contributed by atoms with Crippen LogP contribution in [0.4, 0.5) is 0 Å². The molecule has 1 aromatic carbocycles. The summed E-state index contributed by atoms with van der Waals surface area (Å²) in [6, 6.07) is 6.84. The van der Waals surface area contributed by atoms with Crippen LogP contribution >= 0.6 is 26.9 Å². The van der Waals surface area contributed by atoms with Crippen molar-refractivity contribution in [2.75, 3.05) is 0 Å². The van der Waals surface area contributed by atoms with Crippen molar-refractivity contribution in [1.29, 1.82) is 0 Å². The molecule has 74 valence electrons. The zero-order valence-corrected chi connectivity index (χ0v) is 10.5. The van der Waals surface area contributed by atoms with Crippen LogP contribution in [0, 0.1) is 0 Å². The van der Waals surface area contributed by atoms with E-state index in [4.69, 9.17) is 0 Å². The first-order chi connectivity index (χ1) is 5.79. The number of fused-ring (bicyclic) bond motifs is 1. The maximum atomic E-state index is 11.2. The monoisotopic (exact) mass is 272 g/mol. The first kappa shape index (κ1) is 13.2. The van der Waals surface area contributed by atoms with Crippen molar-refractivity contribution in [3.05, 3.63) is 47.5 Å². The maximum Gasteiger partial charge on any atom is 0.186 e. The highest BCUT2D eigenvalue weighted by atomic mass is 79.9. The Hall–Kier alpha value is -0.790. The van der Waals surface area contributed by atoms with E-state index in [1.165, 1.54) is 12.2 Å². The normalized spacial score (nSPS) is 12.6. The lowest BCUT2D eigenvalue weighted by Gasteiger charge is -2.06. The minimum absolute atomic E-state index is 0. The molecule has 4 heteroatoms. The molecule has 0 saturated heterocycles. The Bertz CT molecular complexity index is 362. The van der Waals surface area contributed by atoms with Crippen molar-refractivity contribution in [2.24, 2.45) is 0 Å². The number of hydrogen-bond acceptors (Lipinski definition) is 2. The predicted molar refractivity (Wildman–Crippen MR) is 65.7 cm³/mol. The molecule has 0 bridgehead atoms. The van der Waals surface area contributed by atoms with Crippen molar-refractivity contribution in [2.45, 2.75) is 0 Å². The average molecular weight is 273 g/mol. The molecule has 1 aliphatic carbocycles. The van der Waals surface area contributed by atoms with Crippen LogP contribution in [0.1, 0.15) is 20.7 Å². The first-order valence-electron chi connectivity index (χ1n) is 3.65. The zero-order valence-electron chi connectivity index (χ0n) is 7.40. The molecule has 0 N–H and O–H groups in total. The predicted octanol–water partition coefficient (Wildman–Crippen LogP) is 2.26. The van der Waals surface area contributed by atoms with Gasteiger partial charge in [0, 0.05) is 11.1 Å².